The standard InChI is InChI=1S/C21H26N2O2/c1-5-6-12-23(4)21(25)18-9-7-8-17(14-18)20(24)22-19-13-15(2)10-11-16(19)3/h7-11,13-14H,5-6,12H2,1-4H3,(H,22,24). The van der Waals surface area contributed by atoms with E-state index in [1.807, 2.05) is 32.0 Å². The van der Waals surface area contributed by atoms with Crippen molar-refractivity contribution < 1.29 is 9.59 Å². The molecule has 2 amide bonds. The van der Waals surface area contributed by atoms with E-state index in [1.165, 1.54) is 0 Å². The number of aryl methyl sites for hydroxylation is 2. The molecule has 0 aliphatic rings. The Kier molecular flexibility index (Phi) is 6.34. The Morgan fingerprint density at radius 2 is 1.76 bits per heavy atom. The van der Waals surface area contributed by atoms with Gasteiger partial charge in [-0.05, 0) is 55.7 Å². The maximum Gasteiger partial charge on any atom is 0.255 e. The zero-order chi connectivity index (χ0) is 18.4. The van der Waals surface area contributed by atoms with Crippen LogP contribution in [0.1, 0.15) is 51.6 Å². The fourth-order valence-corrected chi connectivity index (χ4v) is 2.58. The maximum atomic E-state index is 12.6. The molecule has 0 aliphatic heterocycles. The van der Waals surface area contributed by atoms with Crippen LogP contribution in [0.3, 0.4) is 0 Å². The SMILES string of the molecule is CCCCN(C)C(=O)c1cccc(C(=O)Nc2cc(C)ccc2C)c1. The highest BCUT2D eigenvalue weighted by Gasteiger charge is 2.14. The minimum atomic E-state index is -0.209. The first-order valence-corrected chi connectivity index (χ1v) is 8.66. The van der Waals surface area contributed by atoms with Crippen molar-refractivity contribution in [3.8, 4) is 0 Å². The molecule has 0 fully saturated rings. The summed E-state index contributed by atoms with van der Waals surface area (Å²) in [6.07, 6.45) is 2.00. The summed E-state index contributed by atoms with van der Waals surface area (Å²) < 4.78 is 0. The predicted molar refractivity (Wildman–Crippen MR) is 102 cm³/mol. The molecule has 2 aromatic carbocycles. The van der Waals surface area contributed by atoms with Gasteiger partial charge in [0.2, 0.25) is 0 Å². The lowest BCUT2D eigenvalue weighted by Crippen LogP contribution is -2.28. The fraction of sp³-hybridized carbons (Fsp3) is 0.333. The van der Waals surface area contributed by atoms with Gasteiger partial charge < -0.3 is 10.2 Å². The van der Waals surface area contributed by atoms with Crippen LogP contribution in [0.2, 0.25) is 0 Å². The maximum absolute atomic E-state index is 12.6. The van der Waals surface area contributed by atoms with Gasteiger partial charge in [0.1, 0.15) is 0 Å². The van der Waals surface area contributed by atoms with Crippen LogP contribution in [-0.4, -0.2) is 30.3 Å². The molecule has 0 saturated heterocycles. The molecule has 1 N–H and O–H groups in total. The molecule has 0 aromatic heterocycles. The molecule has 0 radical (unpaired) electrons. The van der Waals surface area contributed by atoms with E-state index in [4.69, 9.17) is 0 Å². The van der Waals surface area contributed by atoms with Crippen molar-refractivity contribution in [2.24, 2.45) is 0 Å². The molecule has 0 spiro atoms. The molecule has 0 heterocycles. The molecule has 0 atom stereocenters. The van der Waals surface area contributed by atoms with Gasteiger partial charge in [-0.15, -0.1) is 0 Å². The van der Waals surface area contributed by atoms with Gasteiger partial charge >= 0.3 is 0 Å². The molecule has 132 valence electrons. The summed E-state index contributed by atoms with van der Waals surface area (Å²) in [6, 6.07) is 12.8. The molecule has 0 bridgehead atoms. The van der Waals surface area contributed by atoms with E-state index in [-0.39, 0.29) is 11.8 Å². The molecule has 2 rings (SSSR count). The van der Waals surface area contributed by atoms with Crippen LogP contribution < -0.4 is 5.32 Å². The van der Waals surface area contributed by atoms with Crippen molar-refractivity contribution in [1.82, 2.24) is 4.90 Å². The van der Waals surface area contributed by atoms with Gasteiger partial charge in [-0.25, -0.2) is 0 Å². The van der Waals surface area contributed by atoms with Crippen LogP contribution in [0.25, 0.3) is 0 Å². The van der Waals surface area contributed by atoms with Gasteiger partial charge in [0, 0.05) is 30.4 Å². The molecule has 2 aromatic rings. The number of benzene rings is 2. The summed E-state index contributed by atoms with van der Waals surface area (Å²) in [4.78, 5) is 26.7. The van der Waals surface area contributed by atoms with Crippen LogP contribution in [-0.2, 0) is 0 Å². The van der Waals surface area contributed by atoms with E-state index >= 15 is 0 Å². The van der Waals surface area contributed by atoms with Crippen LogP contribution in [0, 0.1) is 13.8 Å². The summed E-state index contributed by atoms with van der Waals surface area (Å²) in [5.41, 5.74) is 3.90. The third-order valence-corrected chi connectivity index (χ3v) is 4.21. The first kappa shape index (κ1) is 18.7. The van der Waals surface area contributed by atoms with Crippen molar-refractivity contribution in [3.05, 3.63) is 64.7 Å². The highest BCUT2D eigenvalue weighted by molar-refractivity contribution is 6.06. The Hall–Kier alpha value is -2.62. The largest absolute Gasteiger partial charge is 0.342 e. The lowest BCUT2D eigenvalue weighted by atomic mass is 10.1. The van der Waals surface area contributed by atoms with Gasteiger partial charge in [-0.2, -0.15) is 0 Å². The Labute approximate surface area is 149 Å². The van der Waals surface area contributed by atoms with E-state index in [1.54, 1.807) is 36.2 Å². The highest BCUT2D eigenvalue weighted by atomic mass is 16.2. The van der Waals surface area contributed by atoms with Gasteiger partial charge in [-0.3, -0.25) is 9.59 Å². The van der Waals surface area contributed by atoms with Gasteiger partial charge in [-0.1, -0.05) is 31.5 Å². The summed E-state index contributed by atoms with van der Waals surface area (Å²) in [6.45, 7) is 6.75. The number of nitrogens with zero attached hydrogens (tertiary/aromatic N) is 1. The Morgan fingerprint density at radius 1 is 1.04 bits per heavy atom. The first-order valence-electron chi connectivity index (χ1n) is 8.66. The van der Waals surface area contributed by atoms with Crippen molar-refractivity contribution in [2.75, 3.05) is 18.9 Å². The summed E-state index contributed by atoms with van der Waals surface area (Å²) >= 11 is 0. The summed E-state index contributed by atoms with van der Waals surface area (Å²) in [5, 5.41) is 2.93. The van der Waals surface area contributed by atoms with E-state index in [0.717, 1.165) is 29.7 Å². The average Bonchev–Trinajstić information content (AvgIpc) is 2.62. The number of nitrogens with one attached hydrogen (secondary N) is 1. The first-order chi connectivity index (χ1) is 11.9. The van der Waals surface area contributed by atoms with Gasteiger partial charge in [0.15, 0.2) is 0 Å². The zero-order valence-electron chi connectivity index (χ0n) is 15.4. The number of anilines is 1. The number of amides is 2. The molecule has 0 saturated carbocycles. The summed E-state index contributed by atoms with van der Waals surface area (Å²) in [5.74, 6) is -0.269. The number of hydrogen-bond donors (Lipinski definition) is 1. The second kappa shape index (κ2) is 8.47. The monoisotopic (exact) mass is 338 g/mol. The Morgan fingerprint density at radius 3 is 2.48 bits per heavy atom. The number of hydrogen-bond acceptors (Lipinski definition) is 2. The Balaban J connectivity index is 2.16. The topological polar surface area (TPSA) is 49.4 Å². The number of unbranched alkanes of at least 4 members (excludes halogenated alkanes) is 1. The smallest absolute Gasteiger partial charge is 0.255 e. The molecule has 0 aliphatic carbocycles. The van der Waals surface area contributed by atoms with Crippen LogP contribution >= 0.6 is 0 Å². The minimum Gasteiger partial charge on any atom is -0.342 e. The highest BCUT2D eigenvalue weighted by Crippen LogP contribution is 2.18. The fourth-order valence-electron chi connectivity index (χ4n) is 2.58. The lowest BCUT2D eigenvalue weighted by Gasteiger charge is -2.17. The van der Waals surface area contributed by atoms with Gasteiger partial charge in [0.25, 0.3) is 11.8 Å². The number of rotatable bonds is 6. The minimum absolute atomic E-state index is 0.0603. The quantitative estimate of drug-likeness (QED) is 0.847. The molecular formula is C21H26N2O2. The third-order valence-electron chi connectivity index (χ3n) is 4.21. The second-order valence-corrected chi connectivity index (χ2v) is 6.43. The number of carbonyl (C=O) groups excluding carboxylic acids is 2. The average molecular weight is 338 g/mol. The van der Waals surface area contributed by atoms with E-state index in [9.17, 15) is 9.59 Å². The van der Waals surface area contributed by atoms with Crippen LogP contribution in [0.5, 0.6) is 0 Å². The van der Waals surface area contributed by atoms with Crippen molar-refractivity contribution in [1.29, 1.82) is 0 Å². The Bertz CT molecular complexity index is 768. The predicted octanol–water partition coefficient (Wildman–Crippen LogP) is 4.43. The van der Waals surface area contributed by atoms with E-state index < -0.39 is 0 Å². The molecule has 25 heavy (non-hydrogen) atoms. The van der Waals surface area contributed by atoms with E-state index in [2.05, 4.69) is 12.2 Å². The molecule has 4 heteroatoms. The van der Waals surface area contributed by atoms with Crippen LogP contribution in [0.4, 0.5) is 5.69 Å². The second-order valence-electron chi connectivity index (χ2n) is 6.43. The van der Waals surface area contributed by atoms with Crippen molar-refractivity contribution >= 4 is 17.5 Å². The molecule has 4 nitrogen and oxygen atoms in total. The van der Waals surface area contributed by atoms with E-state index in [0.29, 0.717) is 17.7 Å². The summed E-state index contributed by atoms with van der Waals surface area (Å²) in [7, 11) is 1.79. The zero-order valence-corrected chi connectivity index (χ0v) is 15.4. The number of carbonyl (C=O) groups is 2. The van der Waals surface area contributed by atoms with Crippen molar-refractivity contribution in [3.63, 3.8) is 0 Å². The van der Waals surface area contributed by atoms with Gasteiger partial charge in [0.05, 0.1) is 0 Å². The molecule has 0 unspecified atom stereocenters. The van der Waals surface area contributed by atoms with Crippen molar-refractivity contribution in [2.45, 2.75) is 33.6 Å². The lowest BCUT2D eigenvalue weighted by molar-refractivity contribution is 0.0793. The third kappa shape index (κ3) is 4.92. The molecular weight excluding hydrogens is 312 g/mol. The normalized spacial score (nSPS) is 10.4. The van der Waals surface area contributed by atoms with Crippen LogP contribution in [0.15, 0.2) is 42.5 Å².